The van der Waals surface area contributed by atoms with E-state index in [2.05, 4.69) is 36.0 Å². The van der Waals surface area contributed by atoms with E-state index in [-0.39, 0.29) is 0 Å². The van der Waals surface area contributed by atoms with Crippen LogP contribution in [0.1, 0.15) is 32.8 Å². The molecule has 0 aromatic carbocycles. The van der Waals surface area contributed by atoms with Crippen molar-refractivity contribution in [3.63, 3.8) is 0 Å². The first kappa shape index (κ1) is 12.7. The van der Waals surface area contributed by atoms with Crippen LogP contribution in [-0.2, 0) is 6.42 Å². The van der Waals surface area contributed by atoms with Crippen LogP contribution in [0.15, 0.2) is 16.8 Å². The summed E-state index contributed by atoms with van der Waals surface area (Å²) in [5, 5.41) is 17.6. The Bertz CT molecular complexity index is 267. The molecule has 86 valence electrons. The standard InChI is InChI=1S/C12H21NOS/c1-10(2)13-6-5-12(3,14)8-11-4-7-15-9-11/h4,7,9-10,13-14H,5-6,8H2,1-3H3. The Morgan fingerprint density at radius 1 is 1.53 bits per heavy atom. The summed E-state index contributed by atoms with van der Waals surface area (Å²) in [6, 6.07) is 2.57. The number of thiophene rings is 1. The summed E-state index contributed by atoms with van der Waals surface area (Å²) in [5.74, 6) is 0. The SMILES string of the molecule is CC(C)NCCC(C)(O)Cc1ccsc1. The van der Waals surface area contributed by atoms with Gasteiger partial charge in [-0.3, -0.25) is 0 Å². The van der Waals surface area contributed by atoms with Gasteiger partial charge in [0.05, 0.1) is 5.60 Å². The van der Waals surface area contributed by atoms with Gasteiger partial charge in [0.1, 0.15) is 0 Å². The maximum Gasteiger partial charge on any atom is 0.0672 e. The first-order valence-corrected chi connectivity index (χ1v) is 6.41. The van der Waals surface area contributed by atoms with E-state index >= 15 is 0 Å². The van der Waals surface area contributed by atoms with Gasteiger partial charge in [0.15, 0.2) is 0 Å². The molecule has 0 spiro atoms. The van der Waals surface area contributed by atoms with Gasteiger partial charge in [0, 0.05) is 12.5 Å². The predicted octanol–water partition coefficient (Wildman–Crippen LogP) is 2.43. The van der Waals surface area contributed by atoms with E-state index in [0.717, 1.165) is 19.4 Å². The van der Waals surface area contributed by atoms with Crippen molar-refractivity contribution in [2.45, 2.75) is 45.3 Å². The number of hydrogen-bond donors (Lipinski definition) is 2. The van der Waals surface area contributed by atoms with Gasteiger partial charge >= 0.3 is 0 Å². The van der Waals surface area contributed by atoms with E-state index in [4.69, 9.17) is 0 Å². The van der Waals surface area contributed by atoms with Crippen LogP contribution in [0.2, 0.25) is 0 Å². The molecule has 0 aliphatic carbocycles. The fourth-order valence-corrected chi connectivity index (χ4v) is 2.22. The number of nitrogens with one attached hydrogen (secondary N) is 1. The molecule has 0 aliphatic heterocycles. The summed E-state index contributed by atoms with van der Waals surface area (Å²) in [5.41, 5.74) is 0.637. The molecule has 1 atom stereocenters. The van der Waals surface area contributed by atoms with E-state index in [9.17, 15) is 5.11 Å². The van der Waals surface area contributed by atoms with Crippen LogP contribution in [0.4, 0.5) is 0 Å². The molecule has 2 nitrogen and oxygen atoms in total. The van der Waals surface area contributed by atoms with Gasteiger partial charge in [0.25, 0.3) is 0 Å². The van der Waals surface area contributed by atoms with Crippen LogP contribution in [0, 0.1) is 0 Å². The molecule has 1 rings (SSSR count). The third kappa shape index (κ3) is 5.30. The van der Waals surface area contributed by atoms with Gasteiger partial charge in [-0.05, 0) is 42.3 Å². The number of hydrogen-bond acceptors (Lipinski definition) is 3. The van der Waals surface area contributed by atoms with E-state index in [1.807, 2.05) is 6.92 Å². The molecular weight excluding hydrogens is 206 g/mol. The van der Waals surface area contributed by atoms with Gasteiger partial charge in [-0.1, -0.05) is 13.8 Å². The fourth-order valence-electron chi connectivity index (χ4n) is 1.55. The van der Waals surface area contributed by atoms with Crippen LogP contribution in [0.3, 0.4) is 0 Å². The molecule has 0 saturated carbocycles. The van der Waals surface area contributed by atoms with E-state index < -0.39 is 5.60 Å². The van der Waals surface area contributed by atoms with Gasteiger partial charge in [-0.15, -0.1) is 0 Å². The average Bonchev–Trinajstić information content (AvgIpc) is 2.54. The topological polar surface area (TPSA) is 32.3 Å². The third-order valence-electron chi connectivity index (χ3n) is 2.38. The van der Waals surface area contributed by atoms with Crippen LogP contribution >= 0.6 is 11.3 Å². The number of rotatable bonds is 6. The molecule has 1 heterocycles. The monoisotopic (exact) mass is 227 g/mol. The second-order valence-electron chi connectivity index (χ2n) is 4.66. The lowest BCUT2D eigenvalue weighted by Crippen LogP contribution is -2.34. The lowest BCUT2D eigenvalue weighted by molar-refractivity contribution is 0.0512. The summed E-state index contributed by atoms with van der Waals surface area (Å²) in [6.45, 7) is 7.02. The van der Waals surface area contributed by atoms with Gasteiger partial charge in [0.2, 0.25) is 0 Å². The van der Waals surface area contributed by atoms with Crippen molar-refractivity contribution in [1.29, 1.82) is 0 Å². The highest BCUT2D eigenvalue weighted by Gasteiger charge is 2.20. The third-order valence-corrected chi connectivity index (χ3v) is 3.11. The molecule has 15 heavy (non-hydrogen) atoms. The van der Waals surface area contributed by atoms with Crippen molar-refractivity contribution < 1.29 is 5.11 Å². The molecule has 0 amide bonds. The van der Waals surface area contributed by atoms with Crippen molar-refractivity contribution in [3.05, 3.63) is 22.4 Å². The summed E-state index contributed by atoms with van der Waals surface area (Å²) in [4.78, 5) is 0. The van der Waals surface area contributed by atoms with Crippen LogP contribution in [0.5, 0.6) is 0 Å². The van der Waals surface area contributed by atoms with E-state index in [1.54, 1.807) is 11.3 Å². The van der Waals surface area contributed by atoms with Crippen LogP contribution in [0.25, 0.3) is 0 Å². The highest BCUT2D eigenvalue weighted by atomic mass is 32.1. The van der Waals surface area contributed by atoms with Crippen molar-refractivity contribution in [3.8, 4) is 0 Å². The first-order chi connectivity index (χ1) is 6.99. The minimum Gasteiger partial charge on any atom is -0.390 e. The van der Waals surface area contributed by atoms with Crippen LogP contribution in [-0.4, -0.2) is 23.3 Å². The lowest BCUT2D eigenvalue weighted by Gasteiger charge is -2.23. The zero-order valence-electron chi connectivity index (χ0n) is 9.79. The molecule has 1 aromatic rings. The molecule has 0 fully saturated rings. The Hall–Kier alpha value is -0.380. The lowest BCUT2D eigenvalue weighted by atomic mass is 9.94. The van der Waals surface area contributed by atoms with Gasteiger partial charge < -0.3 is 10.4 Å². The number of aliphatic hydroxyl groups is 1. The Morgan fingerprint density at radius 3 is 2.80 bits per heavy atom. The van der Waals surface area contributed by atoms with Crippen molar-refractivity contribution >= 4 is 11.3 Å². The molecule has 3 heteroatoms. The minimum atomic E-state index is -0.594. The molecule has 1 aromatic heterocycles. The van der Waals surface area contributed by atoms with E-state index in [1.165, 1.54) is 5.56 Å². The quantitative estimate of drug-likeness (QED) is 0.782. The molecule has 0 saturated heterocycles. The molecular formula is C12H21NOS. The zero-order valence-corrected chi connectivity index (χ0v) is 10.6. The van der Waals surface area contributed by atoms with Crippen molar-refractivity contribution in [1.82, 2.24) is 5.32 Å². The Morgan fingerprint density at radius 2 is 2.27 bits per heavy atom. The fraction of sp³-hybridized carbons (Fsp3) is 0.667. The normalized spacial score (nSPS) is 15.5. The second kappa shape index (κ2) is 5.64. The average molecular weight is 227 g/mol. The Kier molecular flexibility index (Phi) is 4.77. The first-order valence-electron chi connectivity index (χ1n) is 5.46. The molecule has 0 aliphatic rings. The van der Waals surface area contributed by atoms with Gasteiger partial charge in [-0.2, -0.15) is 11.3 Å². The highest BCUT2D eigenvalue weighted by Crippen LogP contribution is 2.18. The van der Waals surface area contributed by atoms with Crippen molar-refractivity contribution in [2.75, 3.05) is 6.54 Å². The van der Waals surface area contributed by atoms with Gasteiger partial charge in [-0.25, -0.2) is 0 Å². The molecule has 0 radical (unpaired) electrons. The molecule has 0 bridgehead atoms. The minimum absolute atomic E-state index is 0.488. The zero-order chi connectivity index (χ0) is 11.3. The second-order valence-corrected chi connectivity index (χ2v) is 5.44. The largest absolute Gasteiger partial charge is 0.390 e. The van der Waals surface area contributed by atoms with Crippen LogP contribution < -0.4 is 5.32 Å². The maximum atomic E-state index is 10.2. The summed E-state index contributed by atoms with van der Waals surface area (Å²) in [7, 11) is 0. The summed E-state index contributed by atoms with van der Waals surface area (Å²) in [6.07, 6.45) is 1.54. The Labute approximate surface area is 96.3 Å². The summed E-state index contributed by atoms with van der Waals surface area (Å²) < 4.78 is 0. The van der Waals surface area contributed by atoms with Crippen molar-refractivity contribution in [2.24, 2.45) is 0 Å². The molecule has 2 N–H and O–H groups in total. The summed E-state index contributed by atoms with van der Waals surface area (Å²) >= 11 is 1.68. The Balaban J connectivity index is 2.32. The smallest absolute Gasteiger partial charge is 0.0672 e. The highest BCUT2D eigenvalue weighted by molar-refractivity contribution is 7.07. The maximum absolute atomic E-state index is 10.2. The predicted molar refractivity (Wildman–Crippen MR) is 66.4 cm³/mol. The van der Waals surface area contributed by atoms with E-state index in [0.29, 0.717) is 6.04 Å². The molecule has 1 unspecified atom stereocenters.